The first-order valence-corrected chi connectivity index (χ1v) is 18.9. The van der Waals surface area contributed by atoms with Crippen LogP contribution in [0.4, 0.5) is 0 Å². The predicted molar refractivity (Wildman–Crippen MR) is 142 cm³/mol. The monoisotopic (exact) mass is 554 g/mol. The van der Waals surface area contributed by atoms with Gasteiger partial charge in [-0.05, 0) is 50.2 Å². The molecule has 0 saturated heterocycles. The average Bonchev–Trinajstić information content (AvgIpc) is 2.88. The van der Waals surface area contributed by atoms with E-state index in [9.17, 15) is 0 Å². The van der Waals surface area contributed by atoms with Crippen LogP contribution in [0.2, 0.25) is 0 Å². The fourth-order valence-corrected chi connectivity index (χ4v) is 4.11. The van der Waals surface area contributed by atoms with E-state index in [0.717, 1.165) is 66.9 Å². The van der Waals surface area contributed by atoms with Gasteiger partial charge in [0.15, 0.2) is 0 Å². The molecule has 0 unspecified atom stereocenters. The van der Waals surface area contributed by atoms with E-state index in [1.807, 2.05) is 36.4 Å². The first-order valence-electron chi connectivity index (χ1n) is 11.1. The van der Waals surface area contributed by atoms with Gasteiger partial charge in [0.25, 0.3) is 0 Å². The van der Waals surface area contributed by atoms with Crippen LogP contribution in [0.3, 0.4) is 0 Å². The number of benzene rings is 3. The Labute approximate surface area is 220 Å². The van der Waals surface area contributed by atoms with E-state index < -0.39 is 15.1 Å². The maximum absolute atomic E-state index is 5.60. The molecular formula is C28H24Cl2N2O2Zn. The Morgan fingerprint density at radius 2 is 0.971 bits per heavy atom. The topological polar surface area (TPSA) is 44.2 Å². The number of methoxy groups -OCH3 is 2. The van der Waals surface area contributed by atoms with Gasteiger partial charge < -0.3 is 9.47 Å². The summed E-state index contributed by atoms with van der Waals surface area (Å²) in [5.74, 6) is 1.61. The molecule has 2 aromatic heterocycles. The van der Waals surface area contributed by atoms with Crippen molar-refractivity contribution in [3.8, 4) is 34.0 Å². The van der Waals surface area contributed by atoms with Gasteiger partial charge >= 0.3 is 34.5 Å². The molecule has 0 radical (unpaired) electrons. The molecular weight excluding hydrogens is 533 g/mol. The van der Waals surface area contributed by atoms with Crippen LogP contribution in [-0.2, 0) is 15.1 Å². The second-order valence-corrected chi connectivity index (χ2v) is 12.7. The minimum atomic E-state index is -0.931. The Balaban J connectivity index is 0.000000917. The predicted octanol–water partition coefficient (Wildman–Crippen LogP) is 8.13. The van der Waals surface area contributed by atoms with Gasteiger partial charge in [-0.2, -0.15) is 0 Å². The minimum absolute atomic E-state index is 0.806. The summed E-state index contributed by atoms with van der Waals surface area (Å²) in [6.45, 7) is 4.14. The van der Waals surface area contributed by atoms with Gasteiger partial charge in [-0.25, -0.2) is 9.97 Å². The van der Waals surface area contributed by atoms with Crippen molar-refractivity contribution in [1.82, 2.24) is 9.97 Å². The van der Waals surface area contributed by atoms with Crippen LogP contribution in [0.25, 0.3) is 44.3 Å². The van der Waals surface area contributed by atoms with E-state index in [0.29, 0.717) is 0 Å². The molecule has 5 rings (SSSR count). The molecule has 35 heavy (non-hydrogen) atoms. The zero-order valence-corrected chi connectivity index (χ0v) is 24.6. The molecule has 0 amide bonds. The van der Waals surface area contributed by atoms with Gasteiger partial charge in [0.1, 0.15) is 11.5 Å². The number of ether oxygens (including phenoxy) is 2. The van der Waals surface area contributed by atoms with E-state index in [1.54, 1.807) is 14.2 Å². The Morgan fingerprint density at radius 1 is 0.600 bits per heavy atom. The second-order valence-electron chi connectivity index (χ2n) is 8.11. The number of nitrogens with zero attached hydrogens (tertiary/aromatic N) is 2. The number of aromatic nitrogens is 2. The van der Waals surface area contributed by atoms with Crippen molar-refractivity contribution in [2.24, 2.45) is 0 Å². The normalized spacial score (nSPS) is 10.5. The number of fused-ring (bicyclic) bond motifs is 3. The summed E-state index contributed by atoms with van der Waals surface area (Å²) in [7, 11) is 13.3. The molecule has 0 aliphatic heterocycles. The Bertz CT molecular complexity index is 1400. The Kier molecular flexibility index (Phi) is 8.23. The average molecular weight is 557 g/mol. The molecule has 3 aromatic carbocycles. The van der Waals surface area contributed by atoms with Crippen molar-refractivity contribution >= 4 is 41.2 Å². The summed E-state index contributed by atoms with van der Waals surface area (Å²) < 4.78 is 11.2. The van der Waals surface area contributed by atoms with Crippen molar-refractivity contribution < 1.29 is 24.6 Å². The van der Waals surface area contributed by atoms with Gasteiger partial charge in [0.2, 0.25) is 0 Å². The SMILES string of the molecule is COc1ccc(C)cc1-c1ccc2ccc3ccc(-c4cc(C)ccc4OC)nc3c2n1.[Cl][Zn][Cl]. The van der Waals surface area contributed by atoms with Gasteiger partial charge in [0.05, 0.1) is 36.6 Å². The molecule has 0 fully saturated rings. The quantitative estimate of drug-likeness (QED) is 0.166. The standard InChI is InChI=1S/C28H24N2O2.2ClH.Zn/c1-17-5-13-25(31-3)21(15-17)23-11-9-19-7-8-20-10-12-24(30-28(20)27(19)29-23)22-16-18(2)6-14-26(22)32-4;;;/h5-16H,1-4H3;2*1H;/q;;;+2/p-2. The van der Waals surface area contributed by atoms with Gasteiger partial charge in [-0.3, -0.25) is 0 Å². The van der Waals surface area contributed by atoms with Crippen molar-refractivity contribution in [3.63, 3.8) is 0 Å². The Hall–Kier alpha value is -2.72. The van der Waals surface area contributed by atoms with Gasteiger partial charge in [-0.1, -0.05) is 47.5 Å². The third kappa shape index (κ3) is 5.43. The zero-order chi connectivity index (χ0) is 24.9. The number of pyridine rings is 2. The van der Waals surface area contributed by atoms with Crippen molar-refractivity contribution in [3.05, 3.63) is 83.9 Å². The first-order chi connectivity index (χ1) is 17.0. The van der Waals surface area contributed by atoms with E-state index in [4.69, 9.17) is 38.8 Å². The van der Waals surface area contributed by atoms with E-state index in [2.05, 4.69) is 50.2 Å². The molecule has 5 aromatic rings. The molecule has 7 heteroatoms. The third-order valence-electron chi connectivity index (χ3n) is 5.78. The third-order valence-corrected chi connectivity index (χ3v) is 5.78. The summed E-state index contributed by atoms with van der Waals surface area (Å²) in [6.07, 6.45) is 0. The van der Waals surface area contributed by atoms with Crippen molar-refractivity contribution in [1.29, 1.82) is 0 Å². The summed E-state index contributed by atoms with van der Waals surface area (Å²) in [6, 6.07) is 24.7. The summed E-state index contributed by atoms with van der Waals surface area (Å²) in [5.41, 5.74) is 7.75. The second kappa shape index (κ2) is 11.3. The molecule has 0 bridgehead atoms. The fourth-order valence-electron chi connectivity index (χ4n) is 4.11. The summed E-state index contributed by atoms with van der Waals surface area (Å²) in [4.78, 5) is 10.1. The van der Waals surface area contributed by atoms with Crippen LogP contribution >= 0.6 is 19.4 Å². The number of halogens is 2. The van der Waals surface area contributed by atoms with E-state index in [-0.39, 0.29) is 0 Å². The molecule has 0 N–H and O–H groups in total. The van der Waals surface area contributed by atoms with Crippen LogP contribution in [0.1, 0.15) is 11.1 Å². The van der Waals surface area contributed by atoms with Crippen LogP contribution < -0.4 is 9.47 Å². The molecule has 174 valence electrons. The Morgan fingerprint density at radius 3 is 1.34 bits per heavy atom. The van der Waals surface area contributed by atoms with Crippen LogP contribution in [-0.4, -0.2) is 24.2 Å². The van der Waals surface area contributed by atoms with Crippen LogP contribution in [0.5, 0.6) is 11.5 Å². The van der Waals surface area contributed by atoms with E-state index >= 15 is 0 Å². The van der Waals surface area contributed by atoms with Gasteiger partial charge in [0, 0.05) is 21.9 Å². The number of hydrogen-bond donors (Lipinski definition) is 0. The zero-order valence-electron chi connectivity index (χ0n) is 20.1. The molecule has 0 aliphatic rings. The fraction of sp³-hybridized carbons (Fsp3) is 0.143. The molecule has 0 spiro atoms. The molecule has 4 nitrogen and oxygen atoms in total. The number of rotatable bonds is 4. The first kappa shape index (κ1) is 25.4. The maximum atomic E-state index is 5.60. The molecule has 0 atom stereocenters. The van der Waals surface area contributed by atoms with Crippen molar-refractivity contribution in [2.75, 3.05) is 14.2 Å². The van der Waals surface area contributed by atoms with Crippen LogP contribution in [0, 0.1) is 13.8 Å². The van der Waals surface area contributed by atoms with E-state index in [1.165, 1.54) is 0 Å². The molecule has 0 saturated carbocycles. The van der Waals surface area contributed by atoms with Gasteiger partial charge in [-0.15, -0.1) is 0 Å². The number of aryl methyl sites for hydroxylation is 2. The van der Waals surface area contributed by atoms with Crippen LogP contribution in [0.15, 0.2) is 72.8 Å². The number of hydrogen-bond acceptors (Lipinski definition) is 4. The molecule has 0 aliphatic carbocycles. The van der Waals surface area contributed by atoms with Crippen molar-refractivity contribution in [2.45, 2.75) is 13.8 Å². The summed E-state index contributed by atoms with van der Waals surface area (Å²) >= 11 is -0.931. The summed E-state index contributed by atoms with van der Waals surface area (Å²) in [5, 5.41) is 2.10. The molecule has 2 heterocycles.